The molecule has 1 aromatic carbocycles. The second-order valence-corrected chi connectivity index (χ2v) is 8.95. The van der Waals surface area contributed by atoms with Gasteiger partial charge in [0.2, 0.25) is 0 Å². The van der Waals surface area contributed by atoms with E-state index in [1.807, 2.05) is 49.4 Å². The molecule has 22 heavy (non-hydrogen) atoms. The lowest BCUT2D eigenvalue weighted by Gasteiger charge is -2.20. The van der Waals surface area contributed by atoms with Crippen molar-refractivity contribution in [2.24, 2.45) is 0 Å². The van der Waals surface area contributed by atoms with Crippen LogP contribution in [-0.4, -0.2) is 13.4 Å². The molecule has 0 fully saturated rings. The minimum atomic E-state index is -3.67. The summed E-state index contributed by atoms with van der Waals surface area (Å²) < 4.78 is 28.1. The van der Waals surface area contributed by atoms with Gasteiger partial charge in [0, 0.05) is 0 Å². The number of rotatable bonds is 3. The largest absolute Gasteiger partial charge is 0.277 e. The molecule has 1 aromatic heterocycles. The lowest BCUT2D eigenvalue weighted by atomic mass is 9.87. The van der Waals surface area contributed by atoms with Gasteiger partial charge < -0.3 is 0 Å². The predicted molar refractivity (Wildman–Crippen MR) is 97.9 cm³/mol. The van der Waals surface area contributed by atoms with Gasteiger partial charge in [0.05, 0.1) is 10.6 Å². The van der Waals surface area contributed by atoms with Gasteiger partial charge in [-0.1, -0.05) is 44.5 Å². The molecule has 0 spiro atoms. The molecule has 0 aliphatic rings. The Morgan fingerprint density at radius 3 is 2.45 bits per heavy atom. The molecule has 0 saturated heterocycles. The van der Waals surface area contributed by atoms with Crippen LogP contribution in [0.4, 0.5) is 5.69 Å². The van der Waals surface area contributed by atoms with E-state index in [1.54, 1.807) is 30.3 Å². The number of nitrogens with one attached hydrogen (secondary N) is 1. The molecule has 118 valence electrons. The molecule has 2 rings (SSSR count). The summed E-state index contributed by atoms with van der Waals surface area (Å²) in [6.07, 6.45) is 0. The third-order valence-corrected chi connectivity index (χ3v) is 5.47. The van der Waals surface area contributed by atoms with Crippen molar-refractivity contribution in [1.82, 2.24) is 4.98 Å². The first-order valence-corrected chi connectivity index (χ1v) is 9.49. The van der Waals surface area contributed by atoms with Crippen LogP contribution in [0.2, 0.25) is 5.15 Å². The molecule has 0 atom stereocenters. The summed E-state index contributed by atoms with van der Waals surface area (Å²) in [5, 5.41) is 0.321. The van der Waals surface area contributed by atoms with E-state index in [0.29, 0.717) is 14.5 Å². The number of halogens is 2. The van der Waals surface area contributed by atoms with Crippen LogP contribution in [0.25, 0.3) is 0 Å². The topological polar surface area (TPSA) is 59.1 Å². The van der Waals surface area contributed by atoms with Crippen molar-refractivity contribution in [3.8, 4) is 0 Å². The summed E-state index contributed by atoms with van der Waals surface area (Å²) in [6.45, 7) is 6.12. The van der Waals surface area contributed by atoms with E-state index in [-0.39, 0.29) is 10.3 Å². The minimum absolute atomic E-state index is 0.123. The number of sulfonamides is 1. The number of hydrogen-bond donors (Lipinski definition) is 1. The highest BCUT2D eigenvalue weighted by molar-refractivity contribution is 14.1. The summed E-state index contributed by atoms with van der Waals surface area (Å²) in [5.74, 6) is 0. The van der Waals surface area contributed by atoms with Gasteiger partial charge in [0.15, 0.2) is 0 Å². The zero-order valence-corrected chi connectivity index (χ0v) is 16.1. The molecule has 4 nitrogen and oxygen atoms in total. The first kappa shape index (κ1) is 17.5. The van der Waals surface area contributed by atoms with Gasteiger partial charge in [-0.05, 0) is 57.8 Å². The van der Waals surface area contributed by atoms with Crippen LogP contribution in [0.3, 0.4) is 0 Å². The molecule has 0 radical (unpaired) electrons. The Morgan fingerprint density at radius 2 is 1.86 bits per heavy atom. The maximum Gasteiger partial charge on any atom is 0.261 e. The van der Waals surface area contributed by atoms with Gasteiger partial charge in [0.25, 0.3) is 10.0 Å². The SMILES string of the molecule is CC(C)(C)c1cccc(S(=O)(=O)Nc2ccc(Cl)nc2I)c1. The highest BCUT2D eigenvalue weighted by Gasteiger charge is 2.20. The Bertz CT molecular complexity index is 801. The smallest absolute Gasteiger partial charge is 0.261 e. The summed E-state index contributed by atoms with van der Waals surface area (Å²) in [6, 6.07) is 10.1. The molecule has 0 unspecified atom stereocenters. The number of benzene rings is 1. The molecule has 0 saturated carbocycles. The second-order valence-electron chi connectivity index (χ2n) is 5.86. The minimum Gasteiger partial charge on any atom is -0.277 e. The molecular weight excluding hydrogens is 435 g/mol. The normalized spacial score (nSPS) is 12.2. The van der Waals surface area contributed by atoms with Crippen LogP contribution in [0.1, 0.15) is 26.3 Å². The van der Waals surface area contributed by atoms with Crippen molar-refractivity contribution in [2.75, 3.05) is 4.72 Å². The molecule has 1 N–H and O–H groups in total. The number of hydrogen-bond acceptors (Lipinski definition) is 3. The van der Waals surface area contributed by atoms with Crippen molar-refractivity contribution in [2.45, 2.75) is 31.1 Å². The van der Waals surface area contributed by atoms with Crippen LogP contribution in [0, 0.1) is 3.70 Å². The van der Waals surface area contributed by atoms with Crippen molar-refractivity contribution in [3.63, 3.8) is 0 Å². The maximum atomic E-state index is 12.5. The zero-order valence-electron chi connectivity index (χ0n) is 12.4. The quantitative estimate of drug-likeness (QED) is 0.556. The number of aromatic nitrogens is 1. The highest BCUT2D eigenvalue weighted by atomic mass is 127. The van der Waals surface area contributed by atoms with Crippen molar-refractivity contribution in [1.29, 1.82) is 0 Å². The first-order chi connectivity index (χ1) is 10.1. The monoisotopic (exact) mass is 450 g/mol. The number of pyridine rings is 1. The van der Waals surface area contributed by atoms with Gasteiger partial charge in [-0.3, -0.25) is 4.72 Å². The molecule has 0 aliphatic carbocycles. The van der Waals surface area contributed by atoms with Crippen molar-refractivity contribution in [3.05, 3.63) is 50.8 Å². The molecule has 0 amide bonds. The second kappa shape index (κ2) is 6.33. The summed E-state index contributed by atoms with van der Waals surface area (Å²) in [7, 11) is -3.67. The lowest BCUT2D eigenvalue weighted by Crippen LogP contribution is -2.16. The van der Waals surface area contributed by atoms with E-state index in [4.69, 9.17) is 11.6 Å². The summed E-state index contributed by atoms with van der Waals surface area (Å²) in [4.78, 5) is 4.26. The molecule has 1 heterocycles. The van der Waals surface area contributed by atoms with E-state index in [9.17, 15) is 8.42 Å². The maximum absolute atomic E-state index is 12.5. The molecular formula is C15H16ClIN2O2S. The Morgan fingerprint density at radius 1 is 1.18 bits per heavy atom. The highest BCUT2D eigenvalue weighted by Crippen LogP contribution is 2.26. The van der Waals surface area contributed by atoms with Crippen LogP contribution in [0.5, 0.6) is 0 Å². The molecule has 0 bridgehead atoms. The van der Waals surface area contributed by atoms with Gasteiger partial charge in [0.1, 0.15) is 8.85 Å². The van der Waals surface area contributed by atoms with E-state index >= 15 is 0 Å². The molecule has 0 aliphatic heterocycles. The van der Waals surface area contributed by atoms with Gasteiger partial charge >= 0.3 is 0 Å². The van der Waals surface area contributed by atoms with Crippen LogP contribution in [-0.2, 0) is 15.4 Å². The molecule has 2 aromatic rings. The predicted octanol–water partition coefficient (Wildman–Crippen LogP) is 4.44. The van der Waals surface area contributed by atoms with Crippen molar-refractivity contribution < 1.29 is 8.42 Å². The van der Waals surface area contributed by atoms with E-state index in [1.165, 1.54) is 0 Å². The van der Waals surface area contributed by atoms with Crippen LogP contribution < -0.4 is 4.72 Å². The molecule has 7 heteroatoms. The zero-order chi connectivity index (χ0) is 16.5. The van der Waals surface area contributed by atoms with Crippen LogP contribution in [0.15, 0.2) is 41.3 Å². The van der Waals surface area contributed by atoms with E-state index in [0.717, 1.165) is 5.56 Å². The van der Waals surface area contributed by atoms with Gasteiger partial charge in [-0.2, -0.15) is 0 Å². The summed E-state index contributed by atoms with van der Waals surface area (Å²) >= 11 is 7.73. The third-order valence-electron chi connectivity index (χ3n) is 3.07. The fourth-order valence-electron chi connectivity index (χ4n) is 1.82. The standard InChI is InChI=1S/C15H16ClIN2O2S/c1-15(2,3)10-5-4-6-11(9-10)22(20,21)19-12-7-8-13(16)18-14(12)17/h4-9,19H,1-3H3. The number of nitrogens with zero attached hydrogens (tertiary/aromatic N) is 1. The first-order valence-electron chi connectivity index (χ1n) is 6.55. The van der Waals surface area contributed by atoms with E-state index in [2.05, 4.69) is 9.71 Å². The van der Waals surface area contributed by atoms with Crippen LogP contribution >= 0.6 is 34.2 Å². The third kappa shape index (κ3) is 4.11. The Labute approximate surface area is 149 Å². The fraction of sp³-hybridized carbons (Fsp3) is 0.267. The Kier molecular flexibility index (Phi) is 5.03. The van der Waals surface area contributed by atoms with E-state index < -0.39 is 10.0 Å². The summed E-state index contributed by atoms with van der Waals surface area (Å²) in [5.41, 5.74) is 1.24. The Balaban J connectivity index is 2.39. The fourth-order valence-corrected chi connectivity index (χ4v) is 3.98. The average molecular weight is 451 g/mol. The number of anilines is 1. The Hall–Kier alpha value is -0.860. The average Bonchev–Trinajstić information content (AvgIpc) is 2.41. The van der Waals surface area contributed by atoms with Gasteiger partial charge in [-0.25, -0.2) is 13.4 Å². The van der Waals surface area contributed by atoms with Crippen molar-refractivity contribution >= 4 is 49.9 Å². The lowest BCUT2D eigenvalue weighted by molar-refractivity contribution is 0.585. The van der Waals surface area contributed by atoms with Gasteiger partial charge in [-0.15, -0.1) is 0 Å².